The quantitative estimate of drug-likeness (QED) is 0.490. The number of alkyl halides is 3. The zero-order valence-corrected chi connectivity index (χ0v) is 15.4. The van der Waals surface area contributed by atoms with Crippen LogP contribution in [0.5, 0.6) is 0 Å². The molecular formula is C19H13BrF3NO2. The van der Waals surface area contributed by atoms with Crippen LogP contribution in [-0.2, 0) is 10.9 Å². The fourth-order valence-electron chi connectivity index (χ4n) is 2.82. The third-order valence-electron chi connectivity index (χ3n) is 4.04. The minimum absolute atomic E-state index is 0.284. The van der Waals surface area contributed by atoms with E-state index in [0.29, 0.717) is 22.2 Å². The molecule has 0 saturated carbocycles. The molecule has 0 amide bonds. The molecule has 0 aliphatic carbocycles. The van der Waals surface area contributed by atoms with Gasteiger partial charge in [0.25, 0.3) is 0 Å². The molecule has 1 aromatic heterocycles. The molecule has 0 fully saturated rings. The van der Waals surface area contributed by atoms with Crippen molar-refractivity contribution >= 4 is 32.8 Å². The number of rotatable bonds is 2. The van der Waals surface area contributed by atoms with Crippen LogP contribution in [0.25, 0.3) is 22.2 Å². The molecule has 0 atom stereocenters. The number of halogens is 4. The molecule has 1 heterocycles. The highest BCUT2D eigenvalue weighted by molar-refractivity contribution is 9.10. The number of fused-ring (bicyclic) bond motifs is 1. The molecule has 3 aromatic rings. The van der Waals surface area contributed by atoms with Crippen molar-refractivity contribution in [2.45, 2.75) is 13.1 Å². The standard InChI is InChI=1S/C19H13BrF3NO2/c1-10-16(18(25)26-2)14-9-13(20)6-7-15(14)24-17(10)11-4-3-5-12(8-11)19(21,22)23/h3-9H,1-2H3. The van der Waals surface area contributed by atoms with Crippen molar-refractivity contribution < 1.29 is 22.7 Å². The van der Waals surface area contributed by atoms with Crippen LogP contribution in [0.3, 0.4) is 0 Å². The van der Waals surface area contributed by atoms with Crippen LogP contribution in [0.2, 0.25) is 0 Å². The molecule has 2 aromatic carbocycles. The Balaban J connectivity index is 2.33. The van der Waals surface area contributed by atoms with Gasteiger partial charge in [0.05, 0.1) is 29.4 Å². The Labute approximate surface area is 155 Å². The number of hydrogen-bond donors (Lipinski definition) is 0. The predicted molar refractivity (Wildman–Crippen MR) is 96.0 cm³/mol. The van der Waals surface area contributed by atoms with E-state index in [1.54, 1.807) is 25.1 Å². The van der Waals surface area contributed by atoms with Crippen LogP contribution < -0.4 is 0 Å². The first-order valence-electron chi connectivity index (χ1n) is 7.58. The maximum Gasteiger partial charge on any atom is 0.416 e. The largest absolute Gasteiger partial charge is 0.465 e. The van der Waals surface area contributed by atoms with Gasteiger partial charge in [-0.25, -0.2) is 9.78 Å². The molecule has 0 unspecified atom stereocenters. The van der Waals surface area contributed by atoms with Crippen LogP contribution in [0.15, 0.2) is 46.9 Å². The smallest absolute Gasteiger partial charge is 0.416 e. The zero-order chi connectivity index (χ0) is 19.1. The highest BCUT2D eigenvalue weighted by atomic mass is 79.9. The van der Waals surface area contributed by atoms with Gasteiger partial charge >= 0.3 is 12.1 Å². The van der Waals surface area contributed by atoms with Gasteiger partial charge in [0.15, 0.2) is 0 Å². The molecule has 0 aliphatic heterocycles. The Morgan fingerprint density at radius 2 is 1.88 bits per heavy atom. The highest BCUT2D eigenvalue weighted by Gasteiger charge is 2.31. The van der Waals surface area contributed by atoms with E-state index in [1.807, 2.05) is 0 Å². The van der Waals surface area contributed by atoms with Gasteiger partial charge in [-0.05, 0) is 42.8 Å². The molecule has 0 saturated heterocycles. The van der Waals surface area contributed by atoms with Gasteiger partial charge < -0.3 is 4.74 Å². The van der Waals surface area contributed by atoms with E-state index in [2.05, 4.69) is 20.9 Å². The Morgan fingerprint density at radius 3 is 2.54 bits per heavy atom. The van der Waals surface area contributed by atoms with Crippen molar-refractivity contribution in [1.82, 2.24) is 4.98 Å². The van der Waals surface area contributed by atoms with E-state index in [9.17, 15) is 18.0 Å². The van der Waals surface area contributed by atoms with Gasteiger partial charge in [0.1, 0.15) is 0 Å². The second-order valence-corrected chi connectivity index (χ2v) is 6.61. The molecule has 0 aliphatic rings. The minimum Gasteiger partial charge on any atom is -0.465 e. The van der Waals surface area contributed by atoms with Crippen LogP contribution in [0.1, 0.15) is 21.5 Å². The average molecular weight is 424 g/mol. The predicted octanol–water partition coefficient (Wildman–Crippen LogP) is 5.78. The lowest BCUT2D eigenvalue weighted by molar-refractivity contribution is -0.137. The maximum absolute atomic E-state index is 13.0. The third kappa shape index (κ3) is 3.31. The molecule has 0 spiro atoms. The number of ether oxygens (including phenoxy) is 1. The first-order chi connectivity index (χ1) is 12.2. The first kappa shape index (κ1) is 18.4. The summed E-state index contributed by atoms with van der Waals surface area (Å²) in [5.41, 5.74) is 1.06. The molecule has 134 valence electrons. The van der Waals surface area contributed by atoms with E-state index in [-0.39, 0.29) is 11.1 Å². The highest BCUT2D eigenvalue weighted by Crippen LogP contribution is 2.35. The summed E-state index contributed by atoms with van der Waals surface area (Å²) in [6, 6.07) is 10.1. The summed E-state index contributed by atoms with van der Waals surface area (Å²) in [4.78, 5) is 16.8. The molecule has 3 rings (SSSR count). The Hall–Kier alpha value is -2.41. The number of pyridine rings is 1. The van der Waals surface area contributed by atoms with Crippen LogP contribution in [-0.4, -0.2) is 18.1 Å². The number of benzene rings is 2. The van der Waals surface area contributed by atoms with Crippen molar-refractivity contribution in [3.05, 3.63) is 63.6 Å². The van der Waals surface area contributed by atoms with Crippen molar-refractivity contribution in [2.75, 3.05) is 7.11 Å². The number of esters is 1. The maximum atomic E-state index is 13.0. The summed E-state index contributed by atoms with van der Waals surface area (Å²) in [6.07, 6.45) is -4.46. The van der Waals surface area contributed by atoms with Crippen LogP contribution in [0, 0.1) is 6.92 Å². The average Bonchev–Trinajstić information content (AvgIpc) is 2.60. The van der Waals surface area contributed by atoms with Crippen molar-refractivity contribution in [3.8, 4) is 11.3 Å². The second-order valence-electron chi connectivity index (χ2n) is 5.69. The fourth-order valence-corrected chi connectivity index (χ4v) is 3.18. The van der Waals surface area contributed by atoms with Crippen molar-refractivity contribution in [3.63, 3.8) is 0 Å². The lowest BCUT2D eigenvalue weighted by Gasteiger charge is -2.15. The number of methoxy groups -OCH3 is 1. The van der Waals surface area contributed by atoms with Gasteiger partial charge in [0, 0.05) is 15.4 Å². The van der Waals surface area contributed by atoms with Gasteiger partial charge in [0.2, 0.25) is 0 Å². The Morgan fingerprint density at radius 1 is 1.15 bits per heavy atom. The summed E-state index contributed by atoms with van der Waals surface area (Å²) >= 11 is 3.35. The monoisotopic (exact) mass is 423 g/mol. The van der Waals surface area contributed by atoms with E-state index >= 15 is 0 Å². The fraction of sp³-hybridized carbons (Fsp3) is 0.158. The molecule has 0 N–H and O–H groups in total. The Kier molecular flexibility index (Phi) is 4.75. The summed E-state index contributed by atoms with van der Waals surface area (Å²) in [6.45, 7) is 1.65. The van der Waals surface area contributed by atoms with Crippen LogP contribution >= 0.6 is 15.9 Å². The molecule has 26 heavy (non-hydrogen) atoms. The lowest BCUT2D eigenvalue weighted by Crippen LogP contribution is -2.08. The number of hydrogen-bond acceptors (Lipinski definition) is 3. The topological polar surface area (TPSA) is 39.2 Å². The third-order valence-corrected chi connectivity index (χ3v) is 4.54. The zero-order valence-electron chi connectivity index (χ0n) is 13.8. The summed E-state index contributed by atoms with van der Waals surface area (Å²) in [5.74, 6) is -0.568. The van der Waals surface area contributed by atoms with E-state index in [0.717, 1.165) is 16.6 Å². The van der Waals surface area contributed by atoms with Gasteiger partial charge in [-0.1, -0.05) is 28.1 Å². The second kappa shape index (κ2) is 6.72. The van der Waals surface area contributed by atoms with E-state index in [1.165, 1.54) is 19.2 Å². The van der Waals surface area contributed by atoms with Crippen LogP contribution in [0.4, 0.5) is 13.2 Å². The van der Waals surface area contributed by atoms with E-state index in [4.69, 9.17) is 4.74 Å². The summed E-state index contributed by atoms with van der Waals surface area (Å²) in [5, 5.41) is 0.569. The van der Waals surface area contributed by atoms with Gasteiger partial charge in [-0.15, -0.1) is 0 Å². The minimum atomic E-state index is -4.46. The molecule has 7 heteroatoms. The molecular weight excluding hydrogens is 411 g/mol. The van der Waals surface area contributed by atoms with E-state index < -0.39 is 17.7 Å². The molecule has 0 radical (unpaired) electrons. The number of aromatic nitrogens is 1. The number of nitrogens with zero attached hydrogens (tertiary/aromatic N) is 1. The number of carbonyl (C=O) groups is 1. The molecule has 0 bridgehead atoms. The Bertz CT molecular complexity index is 1020. The van der Waals surface area contributed by atoms with Crippen molar-refractivity contribution in [1.29, 1.82) is 0 Å². The summed E-state index contributed by atoms with van der Waals surface area (Å²) in [7, 11) is 1.26. The van der Waals surface area contributed by atoms with Gasteiger partial charge in [-0.2, -0.15) is 13.2 Å². The lowest BCUT2D eigenvalue weighted by atomic mass is 9.97. The first-order valence-corrected chi connectivity index (χ1v) is 8.37. The molecule has 3 nitrogen and oxygen atoms in total. The normalized spacial score (nSPS) is 11.6. The van der Waals surface area contributed by atoms with Crippen molar-refractivity contribution in [2.24, 2.45) is 0 Å². The summed E-state index contributed by atoms with van der Waals surface area (Å²) < 4.78 is 44.8. The number of carbonyl (C=O) groups excluding carboxylic acids is 1. The van der Waals surface area contributed by atoms with Gasteiger partial charge in [-0.3, -0.25) is 0 Å². The SMILES string of the molecule is COC(=O)c1c(C)c(-c2cccc(C(F)(F)F)c2)nc2ccc(Br)cc12.